The summed E-state index contributed by atoms with van der Waals surface area (Å²) in [5, 5.41) is 0. The number of likely N-dealkylation sites (tertiary alicyclic amines) is 1. The second-order valence-electron chi connectivity index (χ2n) is 8.18. The molecule has 2 rings (SSSR count). The minimum absolute atomic E-state index is 0.0278. The first kappa shape index (κ1) is 20.2. The summed E-state index contributed by atoms with van der Waals surface area (Å²) < 4.78 is 16.3. The summed E-state index contributed by atoms with van der Waals surface area (Å²) in [6, 6.07) is 0.283. The van der Waals surface area contributed by atoms with Crippen LogP contribution in [0.25, 0.3) is 0 Å². The highest BCUT2D eigenvalue weighted by Crippen LogP contribution is 2.28. The average Bonchev–Trinajstić information content (AvgIpc) is 2.97. The van der Waals surface area contributed by atoms with Crippen LogP contribution in [-0.2, 0) is 23.8 Å². The Morgan fingerprint density at radius 2 is 1.76 bits per heavy atom. The van der Waals surface area contributed by atoms with Crippen molar-refractivity contribution in [3.05, 3.63) is 0 Å². The van der Waals surface area contributed by atoms with E-state index in [9.17, 15) is 9.59 Å². The molecular weight excluding hydrogens is 322 g/mol. The summed E-state index contributed by atoms with van der Waals surface area (Å²) in [6.45, 7) is 7.57. The molecule has 0 amide bonds. The molecule has 144 valence electrons. The molecule has 1 aliphatic heterocycles. The average molecular weight is 355 g/mol. The third-order valence-corrected chi connectivity index (χ3v) is 4.98. The normalized spacial score (nSPS) is 27.9. The first-order valence-electron chi connectivity index (χ1n) is 9.44. The van der Waals surface area contributed by atoms with Gasteiger partial charge < -0.3 is 14.2 Å². The van der Waals surface area contributed by atoms with Gasteiger partial charge in [0.05, 0.1) is 32.3 Å². The van der Waals surface area contributed by atoms with Crippen LogP contribution < -0.4 is 0 Å². The molecule has 0 aromatic rings. The third-order valence-electron chi connectivity index (χ3n) is 4.98. The number of hydrogen-bond acceptors (Lipinski definition) is 6. The molecular formula is C19H33NO5. The molecule has 0 radical (unpaired) electrons. The van der Waals surface area contributed by atoms with Crippen molar-refractivity contribution >= 4 is 11.9 Å². The standard InChI is InChI=1S/C19H33NO5/c1-19(2,3)25-17(21)12-20-11-5-6-15(20)13-24-16-9-7-14(8-10-16)18(22)23-4/h14-16H,5-13H2,1-4H3/t14-,15-,16-/m0/s1. The van der Waals surface area contributed by atoms with Crippen LogP contribution in [0.2, 0.25) is 0 Å². The number of hydrogen-bond donors (Lipinski definition) is 0. The Balaban J connectivity index is 1.71. The van der Waals surface area contributed by atoms with Gasteiger partial charge in [-0.1, -0.05) is 0 Å². The maximum Gasteiger partial charge on any atom is 0.320 e. The van der Waals surface area contributed by atoms with E-state index in [1.807, 2.05) is 20.8 Å². The van der Waals surface area contributed by atoms with Gasteiger partial charge in [-0.05, 0) is 65.8 Å². The summed E-state index contributed by atoms with van der Waals surface area (Å²) in [5.74, 6) is -0.240. The second-order valence-corrected chi connectivity index (χ2v) is 8.18. The number of carbonyl (C=O) groups excluding carboxylic acids is 2. The van der Waals surface area contributed by atoms with E-state index in [1.54, 1.807) is 0 Å². The molecule has 0 bridgehead atoms. The van der Waals surface area contributed by atoms with Crippen LogP contribution in [0, 0.1) is 5.92 Å². The van der Waals surface area contributed by atoms with Crippen LogP contribution in [0.1, 0.15) is 59.3 Å². The molecule has 2 fully saturated rings. The van der Waals surface area contributed by atoms with Gasteiger partial charge in [0, 0.05) is 6.04 Å². The molecule has 6 nitrogen and oxygen atoms in total. The Hall–Kier alpha value is -1.14. The van der Waals surface area contributed by atoms with Gasteiger partial charge in [-0.25, -0.2) is 0 Å². The maximum absolute atomic E-state index is 12.0. The van der Waals surface area contributed by atoms with Crippen molar-refractivity contribution in [2.75, 3.05) is 26.8 Å². The van der Waals surface area contributed by atoms with Gasteiger partial charge in [-0.15, -0.1) is 0 Å². The molecule has 2 aliphatic rings. The zero-order valence-corrected chi connectivity index (χ0v) is 16.1. The fourth-order valence-corrected chi connectivity index (χ4v) is 3.71. The van der Waals surface area contributed by atoms with Crippen LogP contribution in [0.3, 0.4) is 0 Å². The molecule has 6 heteroatoms. The molecule has 1 saturated heterocycles. The Morgan fingerprint density at radius 3 is 2.36 bits per heavy atom. The van der Waals surface area contributed by atoms with Gasteiger partial charge >= 0.3 is 11.9 Å². The van der Waals surface area contributed by atoms with Crippen LogP contribution in [0.4, 0.5) is 0 Å². The largest absolute Gasteiger partial charge is 0.469 e. The highest BCUT2D eigenvalue weighted by Gasteiger charge is 2.31. The van der Waals surface area contributed by atoms with Gasteiger partial charge in [0.1, 0.15) is 5.60 Å². The van der Waals surface area contributed by atoms with Crippen LogP contribution in [0.5, 0.6) is 0 Å². The predicted molar refractivity (Wildman–Crippen MR) is 94.2 cm³/mol. The second kappa shape index (κ2) is 8.99. The smallest absolute Gasteiger partial charge is 0.320 e. The number of rotatable bonds is 6. The van der Waals surface area contributed by atoms with Crippen LogP contribution in [0.15, 0.2) is 0 Å². The zero-order valence-electron chi connectivity index (χ0n) is 16.1. The van der Waals surface area contributed by atoms with Crippen molar-refractivity contribution in [1.29, 1.82) is 0 Å². The van der Waals surface area contributed by atoms with E-state index < -0.39 is 5.60 Å². The van der Waals surface area contributed by atoms with E-state index in [4.69, 9.17) is 14.2 Å². The molecule has 25 heavy (non-hydrogen) atoms. The predicted octanol–water partition coefficient (Wildman–Crippen LogP) is 2.54. The lowest BCUT2D eigenvalue weighted by Crippen LogP contribution is -2.40. The van der Waals surface area contributed by atoms with Crippen LogP contribution in [-0.4, -0.2) is 61.4 Å². The van der Waals surface area contributed by atoms with Gasteiger partial charge in [-0.2, -0.15) is 0 Å². The maximum atomic E-state index is 12.0. The summed E-state index contributed by atoms with van der Waals surface area (Å²) in [6.07, 6.45) is 5.83. The number of nitrogens with zero attached hydrogens (tertiary/aromatic N) is 1. The molecule has 0 aromatic carbocycles. The van der Waals surface area contributed by atoms with Gasteiger partial charge in [0.25, 0.3) is 0 Å². The molecule has 1 saturated carbocycles. The highest BCUT2D eigenvalue weighted by molar-refractivity contribution is 5.72. The van der Waals surface area contributed by atoms with Crippen molar-refractivity contribution < 1.29 is 23.8 Å². The van der Waals surface area contributed by atoms with E-state index in [-0.39, 0.29) is 30.0 Å². The first-order chi connectivity index (χ1) is 11.8. The Kier molecular flexibility index (Phi) is 7.25. The van der Waals surface area contributed by atoms with Crippen molar-refractivity contribution in [2.45, 2.75) is 77.0 Å². The number of ether oxygens (including phenoxy) is 3. The van der Waals surface area contributed by atoms with Crippen molar-refractivity contribution in [3.8, 4) is 0 Å². The lowest BCUT2D eigenvalue weighted by atomic mass is 9.87. The Labute approximate surface area is 151 Å². The van der Waals surface area contributed by atoms with Crippen molar-refractivity contribution in [3.63, 3.8) is 0 Å². The fraction of sp³-hybridized carbons (Fsp3) is 0.895. The quantitative estimate of drug-likeness (QED) is 0.682. The lowest BCUT2D eigenvalue weighted by Gasteiger charge is -2.30. The van der Waals surface area contributed by atoms with E-state index in [0.29, 0.717) is 13.2 Å². The first-order valence-corrected chi connectivity index (χ1v) is 9.44. The topological polar surface area (TPSA) is 65.1 Å². The number of carbonyl (C=O) groups is 2. The molecule has 0 unspecified atom stereocenters. The summed E-state index contributed by atoms with van der Waals surface area (Å²) in [5.41, 5.74) is -0.443. The molecule has 1 aliphatic carbocycles. The van der Waals surface area contributed by atoms with Gasteiger partial charge in [-0.3, -0.25) is 14.5 Å². The van der Waals surface area contributed by atoms with Gasteiger partial charge in [0.2, 0.25) is 0 Å². The highest BCUT2D eigenvalue weighted by atomic mass is 16.6. The summed E-state index contributed by atoms with van der Waals surface area (Å²) in [7, 11) is 1.45. The zero-order chi connectivity index (χ0) is 18.4. The van der Waals surface area contributed by atoms with E-state index in [0.717, 1.165) is 45.1 Å². The third kappa shape index (κ3) is 6.59. The number of methoxy groups -OCH3 is 1. The van der Waals surface area contributed by atoms with Crippen molar-refractivity contribution in [1.82, 2.24) is 4.90 Å². The Bertz CT molecular complexity index is 451. The SMILES string of the molecule is COC(=O)[C@H]1CC[C@H](OC[C@@H]2CCCN2CC(=O)OC(C)(C)C)CC1. The van der Waals surface area contributed by atoms with E-state index in [1.165, 1.54) is 7.11 Å². The number of esters is 2. The van der Waals surface area contributed by atoms with Crippen molar-refractivity contribution in [2.24, 2.45) is 5.92 Å². The van der Waals surface area contributed by atoms with Crippen LogP contribution >= 0.6 is 0 Å². The van der Waals surface area contributed by atoms with E-state index in [2.05, 4.69) is 4.90 Å². The molecule has 0 spiro atoms. The van der Waals surface area contributed by atoms with Gasteiger partial charge in [0.15, 0.2) is 0 Å². The minimum atomic E-state index is -0.443. The Morgan fingerprint density at radius 1 is 1.08 bits per heavy atom. The summed E-state index contributed by atoms with van der Waals surface area (Å²) >= 11 is 0. The van der Waals surface area contributed by atoms with E-state index >= 15 is 0 Å². The monoisotopic (exact) mass is 355 g/mol. The molecule has 0 N–H and O–H groups in total. The minimum Gasteiger partial charge on any atom is -0.469 e. The lowest BCUT2D eigenvalue weighted by molar-refractivity contribution is -0.156. The fourth-order valence-electron chi connectivity index (χ4n) is 3.71. The molecule has 1 atom stereocenters. The summed E-state index contributed by atoms with van der Waals surface area (Å²) in [4.78, 5) is 25.8. The molecule has 0 aromatic heterocycles. The molecule has 1 heterocycles.